The Bertz CT molecular complexity index is 515. The molecule has 0 aliphatic heterocycles. The minimum Gasteiger partial charge on any atom is -0.305 e. The van der Waals surface area contributed by atoms with Crippen LogP contribution in [0.4, 0.5) is 10.1 Å². The number of amides is 1. The molecule has 2 aromatic rings. The Hall–Kier alpha value is -1.81. The lowest BCUT2D eigenvalue weighted by molar-refractivity contribution is -0.107. The maximum atomic E-state index is 12.8. The van der Waals surface area contributed by atoms with Crippen LogP contribution in [0.15, 0.2) is 54.6 Å². The minimum absolute atomic E-state index is 0.300. The molecule has 2 aromatic carbocycles. The fraction of sp³-hybridized carbons (Fsp3) is 0.133. The molecule has 2 nitrogen and oxygen atoms in total. The number of halogens is 1. The third-order valence-electron chi connectivity index (χ3n) is 2.63. The van der Waals surface area contributed by atoms with Gasteiger partial charge in [0.15, 0.2) is 0 Å². The standard InChI is InChI=1S/C15H14FNOS/c16-14-6-8-15(9-7-14)17(11-18)12-19-10-13-4-2-1-3-5-13/h1-9,11H,10,12H2. The van der Waals surface area contributed by atoms with E-state index < -0.39 is 0 Å². The molecule has 0 spiro atoms. The van der Waals surface area contributed by atoms with Gasteiger partial charge in [-0.25, -0.2) is 4.39 Å². The van der Waals surface area contributed by atoms with E-state index in [0.717, 1.165) is 12.2 Å². The fourth-order valence-electron chi connectivity index (χ4n) is 1.63. The van der Waals surface area contributed by atoms with Crippen LogP contribution in [0.25, 0.3) is 0 Å². The third kappa shape index (κ3) is 4.10. The van der Waals surface area contributed by atoms with Crippen molar-refractivity contribution in [1.82, 2.24) is 0 Å². The van der Waals surface area contributed by atoms with Crippen LogP contribution in [0.5, 0.6) is 0 Å². The molecular weight excluding hydrogens is 261 g/mol. The first-order valence-corrected chi connectivity index (χ1v) is 7.04. The molecule has 0 fully saturated rings. The smallest absolute Gasteiger partial charge is 0.214 e. The summed E-state index contributed by atoms with van der Waals surface area (Å²) in [6.07, 6.45) is 0.769. The highest BCUT2D eigenvalue weighted by molar-refractivity contribution is 7.98. The van der Waals surface area contributed by atoms with Gasteiger partial charge in [0.05, 0.1) is 5.88 Å². The molecule has 2 rings (SSSR count). The number of hydrogen-bond donors (Lipinski definition) is 0. The topological polar surface area (TPSA) is 20.3 Å². The first-order chi connectivity index (χ1) is 9.29. The van der Waals surface area contributed by atoms with Crippen LogP contribution < -0.4 is 4.90 Å². The highest BCUT2D eigenvalue weighted by Crippen LogP contribution is 2.18. The lowest BCUT2D eigenvalue weighted by atomic mass is 10.2. The van der Waals surface area contributed by atoms with Gasteiger partial charge in [-0.15, -0.1) is 11.8 Å². The summed E-state index contributed by atoms with van der Waals surface area (Å²) in [6, 6.07) is 16.0. The summed E-state index contributed by atoms with van der Waals surface area (Å²) in [4.78, 5) is 12.6. The molecule has 1 amide bonds. The van der Waals surface area contributed by atoms with Crippen molar-refractivity contribution in [2.45, 2.75) is 5.75 Å². The van der Waals surface area contributed by atoms with E-state index in [1.165, 1.54) is 17.7 Å². The normalized spacial score (nSPS) is 10.2. The number of thioether (sulfide) groups is 1. The molecule has 0 bridgehead atoms. The molecule has 19 heavy (non-hydrogen) atoms. The Morgan fingerprint density at radius 3 is 2.37 bits per heavy atom. The molecule has 0 aliphatic rings. The van der Waals surface area contributed by atoms with E-state index in [9.17, 15) is 9.18 Å². The molecule has 0 atom stereocenters. The van der Waals surface area contributed by atoms with Crippen LogP contribution in [0.3, 0.4) is 0 Å². The molecule has 4 heteroatoms. The second-order valence-electron chi connectivity index (χ2n) is 4.01. The Morgan fingerprint density at radius 2 is 1.74 bits per heavy atom. The third-order valence-corrected chi connectivity index (χ3v) is 3.63. The number of benzene rings is 2. The summed E-state index contributed by atoms with van der Waals surface area (Å²) in [5, 5.41) is 0. The number of carbonyl (C=O) groups is 1. The molecule has 0 saturated carbocycles. The molecule has 0 unspecified atom stereocenters. The molecule has 0 radical (unpaired) electrons. The molecule has 0 saturated heterocycles. The van der Waals surface area contributed by atoms with E-state index >= 15 is 0 Å². The Labute approximate surface area is 116 Å². The second-order valence-corrected chi connectivity index (χ2v) is 4.97. The van der Waals surface area contributed by atoms with E-state index in [2.05, 4.69) is 12.1 Å². The molecule has 0 heterocycles. The van der Waals surface area contributed by atoms with Gasteiger partial charge in [-0.3, -0.25) is 4.79 Å². The monoisotopic (exact) mass is 275 g/mol. The van der Waals surface area contributed by atoms with E-state index in [1.807, 2.05) is 18.2 Å². The van der Waals surface area contributed by atoms with Crippen molar-refractivity contribution >= 4 is 23.9 Å². The lowest BCUT2D eigenvalue weighted by Crippen LogP contribution is -2.20. The number of anilines is 1. The van der Waals surface area contributed by atoms with Gasteiger partial charge in [0.1, 0.15) is 5.82 Å². The van der Waals surface area contributed by atoms with Crippen LogP contribution in [0, 0.1) is 5.82 Å². The van der Waals surface area contributed by atoms with Gasteiger partial charge in [-0.05, 0) is 29.8 Å². The van der Waals surface area contributed by atoms with Crippen molar-refractivity contribution < 1.29 is 9.18 Å². The van der Waals surface area contributed by atoms with Gasteiger partial charge in [-0.1, -0.05) is 30.3 Å². The molecular formula is C15H14FNOS. The minimum atomic E-state index is -0.300. The Morgan fingerprint density at radius 1 is 1.05 bits per heavy atom. The quantitative estimate of drug-likeness (QED) is 0.592. The van der Waals surface area contributed by atoms with E-state index in [1.54, 1.807) is 28.8 Å². The largest absolute Gasteiger partial charge is 0.305 e. The van der Waals surface area contributed by atoms with Gasteiger partial charge in [0.2, 0.25) is 6.41 Å². The molecule has 98 valence electrons. The Balaban J connectivity index is 1.89. The Kier molecular flexibility index (Phi) is 4.98. The summed E-state index contributed by atoms with van der Waals surface area (Å²) in [5.74, 6) is 1.09. The summed E-state index contributed by atoms with van der Waals surface area (Å²) < 4.78 is 12.8. The zero-order valence-corrected chi connectivity index (χ0v) is 11.1. The molecule has 0 N–H and O–H groups in total. The predicted molar refractivity (Wildman–Crippen MR) is 77.5 cm³/mol. The second kappa shape index (κ2) is 6.95. The van der Waals surface area contributed by atoms with Crippen LogP contribution in [-0.2, 0) is 10.5 Å². The van der Waals surface area contributed by atoms with Gasteiger partial charge in [-0.2, -0.15) is 0 Å². The first-order valence-electron chi connectivity index (χ1n) is 5.89. The van der Waals surface area contributed by atoms with Crippen molar-refractivity contribution in [3.63, 3.8) is 0 Å². The molecule has 0 aromatic heterocycles. The highest BCUT2D eigenvalue weighted by Gasteiger charge is 2.05. The fourth-order valence-corrected chi connectivity index (χ4v) is 2.56. The van der Waals surface area contributed by atoms with Crippen LogP contribution in [0.1, 0.15) is 5.56 Å². The summed E-state index contributed by atoms with van der Waals surface area (Å²) in [7, 11) is 0. The van der Waals surface area contributed by atoms with Gasteiger partial charge >= 0.3 is 0 Å². The zero-order chi connectivity index (χ0) is 13.5. The summed E-state index contributed by atoms with van der Waals surface area (Å²) >= 11 is 1.64. The number of carbonyl (C=O) groups excluding carboxylic acids is 1. The van der Waals surface area contributed by atoms with E-state index in [4.69, 9.17) is 0 Å². The van der Waals surface area contributed by atoms with E-state index in [-0.39, 0.29) is 5.82 Å². The molecule has 0 aliphatic carbocycles. The van der Waals surface area contributed by atoms with E-state index in [0.29, 0.717) is 11.6 Å². The number of nitrogens with zero attached hydrogens (tertiary/aromatic N) is 1. The van der Waals surface area contributed by atoms with Crippen LogP contribution in [0.2, 0.25) is 0 Å². The maximum Gasteiger partial charge on any atom is 0.214 e. The first kappa shape index (κ1) is 13.6. The van der Waals surface area contributed by atoms with Gasteiger partial charge in [0, 0.05) is 11.4 Å². The lowest BCUT2D eigenvalue weighted by Gasteiger charge is -2.16. The highest BCUT2D eigenvalue weighted by atomic mass is 32.2. The van der Waals surface area contributed by atoms with Crippen molar-refractivity contribution in [1.29, 1.82) is 0 Å². The SMILES string of the molecule is O=CN(CSCc1ccccc1)c1ccc(F)cc1. The average Bonchev–Trinajstić information content (AvgIpc) is 2.46. The van der Waals surface area contributed by atoms with Gasteiger partial charge < -0.3 is 4.90 Å². The van der Waals surface area contributed by atoms with Crippen molar-refractivity contribution in [3.05, 3.63) is 66.0 Å². The predicted octanol–water partition coefficient (Wildman–Crippen LogP) is 3.68. The number of rotatable bonds is 6. The zero-order valence-electron chi connectivity index (χ0n) is 10.3. The van der Waals surface area contributed by atoms with Crippen molar-refractivity contribution in [3.8, 4) is 0 Å². The van der Waals surface area contributed by atoms with Crippen molar-refractivity contribution in [2.24, 2.45) is 0 Å². The van der Waals surface area contributed by atoms with Crippen molar-refractivity contribution in [2.75, 3.05) is 10.8 Å². The van der Waals surface area contributed by atoms with Gasteiger partial charge in [0.25, 0.3) is 0 Å². The summed E-state index contributed by atoms with van der Waals surface area (Å²) in [5.41, 5.74) is 1.93. The van der Waals surface area contributed by atoms with Crippen LogP contribution in [-0.4, -0.2) is 12.3 Å². The van der Waals surface area contributed by atoms with Crippen LogP contribution >= 0.6 is 11.8 Å². The maximum absolute atomic E-state index is 12.8. The summed E-state index contributed by atoms with van der Waals surface area (Å²) in [6.45, 7) is 0. The average molecular weight is 275 g/mol. The number of hydrogen-bond acceptors (Lipinski definition) is 2.